The van der Waals surface area contributed by atoms with E-state index in [1.165, 1.54) is 0 Å². The van der Waals surface area contributed by atoms with Crippen molar-refractivity contribution in [1.29, 1.82) is 0 Å². The number of carboxylic acid groups (broad SMARTS) is 3. The fraction of sp³-hybridized carbons (Fsp3) is 0.379. The van der Waals surface area contributed by atoms with Crippen molar-refractivity contribution in [1.82, 2.24) is 19.7 Å². The van der Waals surface area contributed by atoms with Crippen LogP contribution in [0.5, 0.6) is 0 Å². The third kappa shape index (κ3) is 8.13. The average Bonchev–Trinajstić information content (AvgIpc) is 2.92. The molecule has 2 heterocycles. The molecule has 1 saturated heterocycles. The molecule has 1 aromatic heterocycles. The van der Waals surface area contributed by atoms with Gasteiger partial charge >= 0.3 is 17.9 Å². The van der Waals surface area contributed by atoms with E-state index in [4.69, 9.17) is 0 Å². The highest BCUT2D eigenvalue weighted by Crippen LogP contribution is 2.34. The summed E-state index contributed by atoms with van der Waals surface area (Å²) in [6.07, 6.45) is 0. The van der Waals surface area contributed by atoms with Gasteiger partial charge in [-0.3, -0.25) is 33.9 Å². The quantitative estimate of drug-likeness (QED) is 0.311. The predicted molar refractivity (Wildman–Crippen MR) is 154 cm³/mol. The summed E-state index contributed by atoms with van der Waals surface area (Å²) in [6.45, 7) is 1.68. The van der Waals surface area contributed by atoms with Crippen LogP contribution in [-0.4, -0.2) is 125 Å². The molecule has 41 heavy (non-hydrogen) atoms. The summed E-state index contributed by atoms with van der Waals surface area (Å²) in [5.74, 6) is -3.02. The summed E-state index contributed by atoms with van der Waals surface area (Å²) in [5, 5.41) is 29.3. The molecule has 0 atom stereocenters. The fourth-order valence-corrected chi connectivity index (χ4v) is 5.24. The van der Waals surface area contributed by atoms with E-state index in [1.807, 2.05) is 59.5 Å². The topological polar surface area (TPSA) is 158 Å². The lowest BCUT2D eigenvalue weighted by atomic mass is 9.98. The molecule has 12 nitrogen and oxygen atoms in total. The first-order chi connectivity index (χ1) is 19.7. The number of H-pyrrole nitrogens is 1. The highest BCUT2D eigenvalue weighted by Gasteiger charge is 2.24. The smallest absolute Gasteiger partial charge is 0.317 e. The number of carboxylic acids is 3. The summed E-state index contributed by atoms with van der Waals surface area (Å²) in [4.78, 5) is 58.5. The van der Waals surface area contributed by atoms with Crippen molar-refractivity contribution in [3.8, 4) is 11.1 Å². The number of aromatic nitrogens is 1. The summed E-state index contributed by atoms with van der Waals surface area (Å²) < 4.78 is 0. The van der Waals surface area contributed by atoms with Crippen LogP contribution in [0, 0.1) is 0 Å². The van der Waals surface area contributed by atoms with Gasteiger partial charge in [0.15, 0.2) is 0 Å². The SMILES string of the molecule is O=C(O)CN1CCN(CC(=O)O)CCN(c2c(-c3ccccc3)c3ccccc3[nH]c2=O)CCN(CC(=O)O)CC1. The molecule has 0 unspecified atom stereocenters. The Kier molecular flexibility index (Phi) is 10.1. The molecule has 4 rings (SSSR count). The van der Waals surface area contributed by atoms with E-state index in [1.54, 1.807) is 14.7 Å². The molecular formula is C29H35N5O7. The van der Waals surface area contributed by atoms with Gasteiger partial charge in [0.2, 0.25) is 0 Å². The molecule has 0 bridgehead atoms. The number of para-hydroxylation sites is 1. The number of benzene rings is 2. The second-order valence-electron chi connectivity index (χ2n) is 10.1. The summed E-state index contributed by atoms with van der Waals surface area (Å²) in [7, 11) is 0. The number of fused-ring (bicyclic) bond motifs is 1. The minimum Gasteiger partial charge on any atom is -0.480 e. The van der Waals surface area contributed by atoms with Crippen LogP contribution in [0.25, 0.3) is 22.0 Å². The molecule has 3 aromatic rings. The van der Waals surface area contributed by atoms with E-state index in [2.05, 4.69) is 4.98 Å². The zero-order valence-electron chi connectivity index (χ0n) is 22.7. The number of carbonyl (C=O) groups is 3. The summed E-state index contributed by atoms with van der Waals surface area (Å²) in [6, 6.07) is 17.1. The van der Waals surface area contributed by atoms with Crippen molar-refractivity contribution in [2.45, 2.75) is 0 Å². The van der Waals surface area contributed by atoms with Crippen LogP contribution in [-0.2, 0) is 14.4 Å². The number of anilines is 1. The molecule has 1 aliphatic rings. The largest absolute Gasteiger partial charge is 0.480 e. The monoisotopic (exact) mass is 565 g/mol. The molecule has 0 aliphatic carbocycles. The Morgan fingerprint density at radius 2 is 1.07 bits per heavy atom. The van der Waals surface area contributed by atoms with Crippen molar-refractivity contribution >= 4 is 34.5 Å². The first kappa shape index (κ1) is 29.7. The number of nitrogens with one attached hydrogen (secondary N) is 1. The van der Waals surface area contributed by atoms with Crippen LogP contribution < -0.4 is 10.5 Å². The Morgan fingerprint density at radius 3 is 1.56 bits per heavy atom. The highest BCUT2D eigenvalue weighted by atomic mass is 16.4. The Morgan fingerprint density at radius 1 is 0.634 bits per heavy atom. The maximum absolute atomic E-state index is 13.7. The van der Waals surface area contributed by atoms with Crippen molar-refractivity contribution < 1.29 is 29.7 Å². The van der Waals surface area contributed by atoms with Gasteiger partial charge in [0.25, 0.3) is 5.56 Å². The number of nitrogens with zero attached hydrogens (tertiary/aromatic N) is 4. The van der Waals surface area contributed by atoms with Gasteiger partial charge in [-0.05, 0) is 11.6 Å². The molecule has 0 radical (unpaired) electrons. The van der Waals surface area contributed by atoms with E-state index in [-0.39, 0.29) is 25.2 Å². The second-order valence-corrected chi connectivity index (χ2v) is 10.1. The Hall–Kier alpha value is -4.26. The number of aromatic amines is 1. The molecule has 12 heteroatoms. The first-order valence-corrected chi connectivity index (χ1v) is 13.5. The molecule has 0 spiro atoms. The summed E-state index contributed by atoms with van der Waals surface area (Å²) >= 11 is 0. The van der Waals surface area contributed by atoms with E-state index < -0.39 is 17.9 Å². The van der Waals surface area contributed by atoms with Gasteiger partial charge < -0.3 is 25.2 Å². The first-order valence-electron chi connectivity index (χ1n) is 13.5. The van der Waals surface area contributed by atoms with Gasteiger partial charge in [-0.25, -0.2) is 0 Å². The number of hydrogen-bond acceptors (Lipinski definition) is 8. The molecular weight excluding hydrogens is 530 g/mol. The van der Waals surface area contributed by atoms with Crippen LogP contribution >= 0.6 is 0 Å². The lowest BCUT2D eigenvalue weighted by molar-refractivity contribution is -0.140. The van der Waals surface area contributed by atoms with Gasteiger partial charge in [-0.15, -0.1) is 0 Å². The predicted octanol–water partition coefficient (Wildman–Crippen LogP) is 1.17. The molecule has 218 valence electrons. The van der Waals surface area contributed by atoms with E-state index >= 15 is 0 Å². The number of rotatable bonds is 8. The van der Waals surface area contributed by atoms with E-state index in [0.717, 1.165) is 16.5 Å². The maximum Gasteiger partial charge on any atom is 0.317 e. The van der Waals surface area contributed by atoms with Gasteiger partial charge in [0.1, 0.15) is 5.69 Å². The third-order valence-corrected chi connectivity index (χ3v) is 7.19. The number of hydrogen-bond donors (Lipinski definition) is 4. The molecule has 1 fully saturated rings. The fourth-order valence-electron chi connectivity index (χ4n) is 5.24. The van der Waals surface area contributed by atoms with E-state index in [9.17, 15) is 34.5 Å². The van der Waals surface area contributed by atoms with Crippen LogP contribution in [0.2, 0.25) is 0 Å². The molecule has 2 aromatic carbocycles. The van der Waals surface area contributed by atoms with Crippen LogP contribution in [0.3, 0.4) is 0 Å². The van der Waals surface area contributed by atoms with Crippen molar-refractivity contribution in [3.63, 3.8) is 0 Å². The zero-order chi connectivity index (χ0) is 29.4. The lowest BCUT2D eigenvalue weighted by Crippen LogP contribution is -2.49. The van der Waals surface area contributed by atoms with Crippen LogP contribution in [0.1, 0.15) is 0 Å². The van der Waals surface area contributed by atoms with Crippen molar-refractivity contribution in [2.24, 2.45) is 0 Å². The minimum absolute atomic E-state index is 0.235. The summed E-state index contributed by atoms with van der Waals surface area (Å²) in [5.41, 5.74) is 2.43. The molecule has 4 N–H and O–H groups in total. The minimum atomic E-state index is -1.01. The van der Waals surface area contributed by atoms with E-state index in [0.29, 0.717) is 63.6 Å². The Bertz CT molecular complexity index is 1400. The van der Waals surface area contributed by atoms with Gasteiger partial charge in [0.05, 0.1) is 19.6 Å². The highest BCUT2D eigenvalue weighted by molar-refractivity contribution is 6.00. The lowest BCUT2D eigenvalue weighted by Gasteiger charge is -2.34. The standard InChI is InChI=1S/C29H35N5O7/c35-24(36)18-31-10-12-32(19-25(37)38)14-16-34(17-15-33(13-11-31)20-26(39)40)28-27(21-6-2-1-3-7-21)22-8-4-5-9-23(22)30-29(28)41/h1-9H,10-20H2,(H,30,41)(H,35,36)(H,37,38)(H,39,40). The Balaban J connectivity index is 1.77. The molecule has 1 aliphatic heterocycles. The maximum atomic E-state index is 13.7. The third-order valence-electron chi connectivity index (χ3n) is 7.19. The van der Waals surface area contributed by atoms with Gasteiger partial charge in [0, 0.05) is 68.8 Å². The normalized spacial score (nSPS) is 16.6. The molecule has 0 saturated carbocycles. The van der Waals surface area contributed by atoms with Gasteiger partial charge in [-0.1, -0.05) is 48.5 Å². The Labute approximate surface area is 237 Å². The number of pyridine rings is 1. The van der Waals surface area contributed by atoms with Crippen molar-refractivity contribution in [3.05, 3.63) is 65.0 Å². The number of aliphatic carboxylic acids is 3. The van der Waals surface area contributed by atoms with Crippen LogP contribution in [0.15, 0.2) is 59.4 Å². The second kappa shape index (κ2) is 13.9. The molecule has 0 amide bonds. The van der Waals surface area contributed by atoms with Crippen LogP contribution in [0.4, 0.5) is 5.69 Å². The van der Waals surface area contributed by atoms with Gasteiger partial charge in [-0.2, -0.15) is 0 Å². The zero-order valence-corrected chi connectivity index (χ0v) is 22.7. The average molecular weight is 566 g/mol. The van der Waals surface area contributed by atoms with Crippen molar-refractivity contribution in [2.75, 3.05) is 76.9 Å².